The smallest absolute Gasteiger partial charge is 0.129 e. The van der Waals surface area contributed by atoms with Crippen molar-refractivity contribution in [2.75, 3.05) is 20.8 Å². The predicted molar refractivity (Wildman–Crippen MR) is 90.6 cm³/mol. The van der Waals surface area contributed by atoms with Crippen molar-refractivity contribution in [3.8, 4) is 17.2 Å². The Bertz CT molecular complexity index is 684. The average Bonchev–Trinajstić information content (AvgIpc) is 2.60. The molecule has 3 rings (SSSR count). The molecule has 0 fully saturated rings. The second-order valence-electron chi connectivity index (χ2n) is 5.79. The van der Waals surface area contributed by atoms with E-state index in [2.05, 4.69) is 23.5 Å². The van der Waals surface area contributed by atoms with Crippen LogP contribution in [0, 0.1) is 6.92 Å². The van der Waals surface area contributed by atoms with E-state index in [1.165, 1.54) is 5.56 Å². The molecule has 0 amide bonds. The number of ether oxygens (including phenoxy) is 3. The Labute approximate surface area is 137 Å². The highest BCUT2D eigenvalue weighted by molar-refractivity contribution is 5.49. The Morgan fingerprint density at radius 1 is 1.13 bits per heavy atom. The van der Waals surface area contributed by atoms with Crippen LogP contribution in [0.25, 0.3) is 0 Å². The van der Waals surface area contributed by atoms with Crippen LogP contribution in [0.4, 0.5) is 0 Å². The van der Waals surface area contributed by atoms with Crippen molar-refractivity contribution in [1.82, 2.24) is 5.32 Å². The molecule has 0 saturated carbocycles. The molecule has 0 saturated heterocycles. The highest BCUT2D eigenvalue weighted by atomic mass is 16.5. The van der Waals surface area contributed by atoms with Gasteiger partial charge >= 0.3 is 0 Å². The van der Waals surface area contributed by atoms with Crippen LogP contribution in [0.3, 0.4) is 0 Å². The molecular formula is C19H23NO3. The van der Waals surface area contributed by atoms with Gasteiger partial charge in [0, 0.05) is 23.7 Å². The van der Waals surface area contributed by atoms with E-state index in [-0.39, 0.29) is 0 Å². The van der Waals surface area contributed by atoms with Gasteiger partial charge in [0.05, 0.1) is 14.2 Å². The van der Waals surface area contributed by atoms with Crippen LogP contribution in [0.2, 0.25) is 0 Å². The molecule has 2 aromatic rings. The summed E-state index contributed by atoms with van der Waals surface area (Å²) >= 11 is 0. The van der Waals surface area contributed by atoms with Crippen molar-refractivity contribution in [2.24, 2.45) is 0 Å². The summed E-state index contributed by atoms with van der Waals surface area (Å²) in [6.07, 6.45) is 0.980. The topological polar surface area (TPSA) is 39.7 Å². The maximum absolute atomic E-state index is 5.83. The summed E-state index contributed by atoms with van der Waals surface area (Å²) in [7, 11) is 3.38. The number of hydrogen-bond acceptors (Lipinski definition) is 4. The van der Waals surface area contributed by atoms with Crippen LogP contribution in [-0.4, -0.2) is 26.9 Å². The lowest BCUT2D eigenvalue weighted by molar-refractivity contribution is 0.237. The number of para-hydroxylation sites is 1. The third kappa shape index (κ3) is 3.27. The molecule has 0 bridgehead atoms. The molecular weight excluding hydrogens is 290 g/mol. The van der Waals surface area contributed by atoms with E-state index >= 15 is 0 Å². The van der Waals surface area contributed by atoms with Gasteiger partial charge in [-0.15, -0.1) is 0 Å². The number of hydrogen-bond donors (Lipinski definition) is 1. The molecule has 0 aromatic heterocycles. The molecule has 122 valence electrons. The van der Waals surface area contributed by atoms with Crippen LogP contribution in [0.1, 0.15) is 16.7 Å². The molecule has 0 aliphatic carbocycles. The number of fused-ring (bicyclic) bond motifs is 1. The summed E-state index contributed by atoms with van der Waals surface area (Å²) in [6, 6.07) is 12.6. The van der Waals surface area contributed by atoms with Gasteiger partial charge in [0.1, 0.15) is 23.9 Å². The average molecular weight is 313 g/mol. The molecule has 1 aliphatic heterocycles. The summed E-state index contributed by atoms with van der Waals surface area (Å²) in [5.41, 5.74) is 3.42. The van der Waals surface area contributed by atoms with Gasteiger partial charge in [0.25, 0.3) is 0 Å². The SMILES string of the molecule is COc1ccc(CNC2COc3ccccc3C2)c(OC)c1C. The van der Waals surface area contributed by atoms with Gasteiger partial charge in [0.2, 0.25) is 0 Å². The Morgan fingerprint density at radius 3 is 2.74 bits per heavy atom. The normalized spacial score (nSPS) is 16.4. The molecule has 1 aliphatic rings. The molecule has 1 heterocycles. The van der Waals surface area contributed by atoms with E-state index in [4.69, 9.17) is 14.2 Å². The van der Waals surface area contributed by atoms with Gasteiger partial charge in [-0.2, -0.15) is 0 Å². The third-order valence-electron chi connectivity index (χ3n) is 4.32. The summed E-state index contributed by atoms with van der Waals surface area (Å²) in [5.74, 6) is 2.73. The highest BCUT2D eigenvalue weighted by Gasteiger charge is 2.20. The van der Waals surface area contributed by atoms with E-state index in [0.717, 1.165) is 41.3 Å². The summed E-state index contributed by atoms with van der Waals surface area (Å²) in [5, 5.41) is 3.57. The minimum absolute atomic E-state index is 0.303. The van der Waals surface area contributed by atoms with Crippen LogP contribution in [0.5, 0.6) is 17.2 Å². The van der Waals surface area contributed by atoms with Gasteiger partial charge in [-0.1, -0.05) is 24.3 Å². The molecule has 1 unspecified atom stereocenters. The van der Waals surface area contributed by atoms with Crippen LogP contribution in [0.15, 0.2) is 36.4 Å². The summed E-state index contributed by atoms with van der Waals surface area (Å²) in [6.45, 7) is 3.44. The van der Waals surface area contributed by atoms with E-state index in [9.17, 15) is 0 Å². The predicted octanol–water partition coefficient (Wildman–Crippen LogP) is 3.11. The number of nitrogens with one attached hydrogen (secondary N) is 1. The van der Waals surface area contributed by atoms with Crippen molar-refractivity contribution in [1.29, 1.82) is 0 Å². The third-order valence-corrected chi connectivity index (χ3v) is 4.32. The number of benzene rings is 2. The number of rotatable bonds is 5. The van der Waals surface area contributed by atoms with Gasteiger partial charge in [-0.25, -0.2) is 0 Å². The minimum atomic E-state index is 0.303. The van der Waals surface area contributed by atoms with E-state index in [0.29, 0.717) is 12.6 Å². The fraction of sp³-hybridized carbons (Fsp3) is 0.368. The van der Waals surface area contributed by atoms with Crippen molar-refractivity contribution in [3.63, 3.8) is 0 Å². The molecule has 4 nitrogen and oxygen atoms in total. The molecule has 1 N–H and O–H groups in total. The summed E-state index contributed by atoms with van der Waals surface area (Å²) in [4.78, 5) is 0. The van der Waals surface area contributed by atoms with E-state index in [1.807, 2.05) is 25.1 Å². The van der Waals surface area contributed by atoms with Crippen molar-refractivity contribution in [2.45, 2.75) is 25.9 Å². The number of methoxy groups -OCH3 is 2. The quantitative estimate of drug-likeness (QED) is 0.921. The highest BCUT2D eigenvalue weighted by Crippen LogP contribution is 2.31. The zero-order valence-corrected chi connectivity index (χ0v) is 13.9. The molecule has 0 radical (unpaired) electrons. The van der Waals surface area contributed by atoms with Crippen molar-refractivity contribution < 1.29 is 14.2 Å². The largest absolute Gasteiger partial charge is 0.496 e. The van der Waals surface area contributed by atoms with Gasteiger partial charge < -0.3 is 19.5 Å². The fourth-order valence-corrected chi connectivity index (χ4v) is 3.09. The molecule has 2 aromatic carbocycles. The Kier molecular flexibility index (Phi) is 4.72. The Balaban J connectivity index is 1.69. The maximum Gasteiger partial charge on any atom is 0.129 e. The minimum Gasteiger partial charge on any atom is -0.496 e. The lowest BCUT2D eigenvalue weighted by atomic mass is 10.0. The zero-order valence-electron chi connectivity index (χ0n) is 13.9. The summed E-state index contributed by atoms with van der Waals surface area (Å²) < 4.78 is 16.7. The van der Waals surface area contributed by atoms with Gasteiger partial charge in [-0.3, -0.25) is 0 Å². The van der Waals surface area contributed by atoms with Crippen molar-refractivity contribution in [3.05, 3.63) is 53.1 Å². The second kappa shape index (κ2) is 6.92. The molecule has 4 heteroatoms. The monoisotopic (exact) mass is 313 g/mol. The van der Waals surface area contributed by atoms with Crippen LogP contribution >= 0.6 is 0 Å². The van der Waals surface area contributed by atoms with E-state index < -0.39 is 0 Å². The molecule has 23 heavy (non-hydrogen) atoms. The van der Waals surface area contributed by atoms with Crippen LogP contribution in [-0.2, 0) is 13.0 Å². The molecule has 1 atom stereocenters. The Morgan fingerprint density at radius 2 is 1.96 bits per heavy atom. The fourth-order valence-electron chi connectivity index (χ4n) is 3.09. The first-order chi connectivity index (χ1) is 11.2. The second-order valence-corrected chi connectivity index (χ2v) is 5.79. The zero-order chi connectivity index (χ0) is 16.2. The van der Waals surface area contributed by atoms with Crippen LogP contribution < -0.4 is 19.5 Å². The van der Waals surface area contributed by atoms with Gasteiger partial charge in [0.15, 0.2) is 0 Å². The first-order valence-corrected chi connectivity index (χ1v) is 7.87. The lowest BCUT2D eigenvalue weighted by Crippen LogP contribution is -2.38. The maximum atomic E-state index is 5.83. The molecule has 0 spiro atoms. The lowest BCUT2D eigenvalue weighted by Gasteiger charge is -2.26. The Hall–Kier alpha value is -2.20. The first-order valence-electron chi connectivity index (χ1n) is 7.87. The van der Waals surface area contributed by atoms with E-state index in [1.54, 1.807) is 14.2 Å². The van der Waals surface area contributed by atoms with Crippen molar-refractivity contribution >= 4 is 0 Å². The first kappa shape index (κ1) is 15.7. The standard InChI is InChI=1S/C19H23NO3/c1-13-17(21-2)9-8-15(19(13)22-3)11-20-16-10-14-6-4-5-7-18(14)23-12-16/h4-9,16,20H,10-12H2,1-3H3. The van der Waals surface area contributed by atoms with Gasteiger partial charge in [-0.05, 0) is 31.0 Å².